The highest BCUT2D eigenvalue weighted by molar-refractivity contribution is 7.91. The topological polar surface area (TPSA) is 59.3 Å². The molecule has 0 bridgehead atoms. The van der Waals surface area contributed by atoms with E-state index in [2.05, 4.69) is 5.32 Å². The molecule has 0 spiro atoms. The Morgan fingerprint density at radius 1 is 0.962 bits per heavy atom. The van der Waals surface area contributed by atoms with Gasteiger partial charge in [0, 0.05) is 40.5 Å². The zero-order chi connectivity index (χ0) is 17.8. The summed E-state index contributed by atoms with van der Waals surface area (Å²) >= 11 is 18.2. The molecule has 0 unspecified atom stereocenters. The predicted molar refractivity (Wildman–Crippen MR) is 106 cm³/mol. The minimum Gasteiger partial charge on any atom is -0.459 e. The Kier molecular flexibility index (Phi) is 5.50. The van der Waals surface area contributed by atoms with Crippen LogP contribution in [0.15, 0.2) is 44.5 Å². The molecule has 3 aromatic rings. The van der Waals surface area contributed by atoms with Crippen LogP contribution in [0.5, 0.6) is 0 Å². The Morgan fingerprint density at radius 2 is 1.62 bits per heavy atom. The predicted octanol–water partition coefficient (Wildman–Crippen LogP) is 5.29. The van der Waals surface area contributed by atoms with Crippen LogP contribution in [0.3, 0.4) is 0 Å². The summed E-state index contributed by atoms with van der Waals surface area (Å²) in [6, 6.07) is 7.22. The van der Waals surface area contributed by atoms with Crippen LogP contribution >= 0.6 is 47.2 Å². The fourth-order valence-corrected chi connectivity index (χ4v) is 5.38. The maximum Gasteiger partial charge on any atom is 0.206 e. The Hall–Kier alpha value is -0.950. The molecule has 0 radical (unpaired) electrons. The Bertz CT molecular complexity index is 1090. The van der Waals surface area contributed by atoms with Gasteiger partial charge < -0.3 is 9.73 Å². The van der Waals surface area contributed by atoms with Gasteiger partial charge in [0.25, 0.3) is 0 Å². The first-order valence-corrected chi connectivity index (χ1v) is 10.1. The van der Waals surface area contributed by atoms with E-state index in [1.54, 1.807) is 6.07 Å². The average Bonchev–Trinajstić information content (AvgIpc) is 2.93. The van der Waals surface area contributed by atoms with Gasteiger partial charge in [0.05, 0.1) is 14.8 Å². The number of nitrogens with one attached hydrogen (secondary N) is 1. The van der Waals surface area contributed by atoms with E-state index in [-0.39, 0.29) is 37.3 Å². The first kappa shape index (κ1) is 19.8. The number of hydrogen-bond donors (Lipinski definition) is 1. The van der Waals surface area contributed by atoms with Crippen LogP contribution in [0.2, 0.25) is 15.1 Å². The molecular formula is C17H13Cl4NO3S. The third kappa shape index (κ3) is 3.33. The molecule has 1 N–H and O–H groups in total. The molecule has 0 aliphatic carbocycles. The highest BCUT2D eigenvalue weighted by Crippen LogP contribution is 2.37. The van der Waals surface area contributed by atoms with Crippen molar-refractivity contribution in [1.29, 1.82) is 0 Å². The van der Waals surface area contributed by atoms with Gasteiger partial charge in [-0.25, -0.2) is 8.42 Å². The SMILES string of the molecule is Cl.O=S(=O)(c1cc(Cl)cc(Cl)c1)c1cc(Cl)c2oc3c(c2c1)CNCC3. The van der Waals surface area contributed by atoms with Gasteiger partial charge in [0.15, 0.2) is 5.58 Å². The smallest absolute Gasteiger partial charge is 0.206 e. The molecule has 0 atom stereocenters. The van der Waals surface area contributed by atoms with Crippen molar-refractivity contribution in [1.82, 2.24) is 5.32 Å². The van der Waals surface area contributed by atoms with Crippen molar-refractivity contribution in [2.45, 2.75) is 22.8 Å². The standard InChI is InChI=1S/C17H12Cl3NO3S.ClH/c18-9-3-10(19)5-11(4-9)25(22,23)12-6-13-14-8-21-2-1-16(14)24-17(13)15(20)7-12;/h3-7,21H,1-2,8H2;1H. The van der Waals surface area contributed by atoms with E-state index in [4.69, 9.17) is 39.2 Å². The number of hydrogen-bond acceptors (Lipinski definition) is 4. The monoisotopic (exact) mass is 451 g/mol. The second-order valence-corrected chi connectivity index (χ2v) is 9.05. The summed E-state index contributed by atoms with van der Waals surface area (Å²) < 4.78 is 31.8. The van der Waals surface area contributed by atoms with Crippen LogP contribution < -0.4 is 5.32 Å². The van der Waals surface area contributed by atoms with E-state index in [9.17, 15) is 8.42 Å². The summed E-state index contributed by atoms with van der Waals surface area (Å²) in [7, 11) is -3.82. The Labute approximate surface area is 171 Å². The van der Waals surface area contributed by atoms with Crippen molar-refractivity contribution in [3.8, 4) is 0 Å². The van der Waals surface area contributed by atoms with Crippen molar-refractivity contribution >= 4 is 68.0 Å². The fraction of sp³-hybridized carbons (Fsp3) is 0.176. The largest absolute Gasteiger partial charge is 0.459 e. The van der Waals surface area contributed by atoms with Crippen molar-refractivity contribution in [3.05, 3.63) is 56.7 Å². The maximum absolute atomic E-state index is 13.0. The highest BCUT2D eigenvalue weighted by Gasteiger charge is 2.25. The van der Waals surface area contributed by atoms with E-state index < -0.39 is 9.84 Å². The van der Waals surface area contributed by atoms with Gasteiger partial charge in [-0.3, -0.25) is 0 Å². The lowest BCUT2D eigenvalue weighted by Gasteiger charge is -2.11. The van der Waals surface area contributed by atoms with Gasteiger partial charge >= 0.3 is 0 Å². The van der Waals surface area contributed by atoms with Crippen LogP contribution in [0.4, 0.5) is 0 Å². The van der Waals surface area contributed by atoms with E-state index in [0.29, 0.717) is 17.5 Å². The van der Waals surface area contributed by atoms with E-state index >= 15 is 0 Å². The lowest BCUT2D eigenvalue weighted by molar-refractivity contribution is 0.500. The van der Waals surface area contributed by atoms with E-state index in [1.165, 1.54) is 24.3 Å². The van der Waals surface area contributed by atoms with Crippen LogP contribution in [0.25, 0.3) is 11.0 Å². The summed E-state index contributed by atoms with van der Waals surface area (Å²) in [6.45, 7) is 1.43. The number of benzene rings is 2. The second-order valence-electron chi connectivity index (χ2n) is 5.82. The molecule has 0 fully saturated rings. The highest BCUT2D eigenvalue weighted by atomic mass is 35.5. The lowest BCUT2D eigenvalue weighted by Crippen LogP contribution is -2.22. The molecule has 2 aromatic carbocycles. The second kappa shape index (κ2) is 7.23. The number of sulfone groups is 1. The van der Waals surface area contributed by atoms with Crippen LogP contribution in [-0.2, 0) is 22.8 Å². The summed E-state index contributed by atoms with van der Waals surface area (Å²) in [4.78, 5) is 0.105. The van der Waals surface area contributed by atoms with Crippen molar-refractivity contribution < 1.29 is 12.8 Å². The number of furan rings is 1. The first-order chi connectivity index (χ1) is 11.9. The van der Waals surface area contributed by atoms with Crippen molar-refractivity contribution in [3.63, 3.8) is 0 Å². The van der Waals surface area contributed by atoms with Gasteiger partial charge in [-0.15, -0.1) is 12.4 Å². The molecule has 1 aliphatic heterocycles. The van der Waals surface area contributed by atoms with Crippen LogP contribution in [-0.4, -0.2) is 15.0 Å². The third-order valence-electron chi connectivity index (χ3n) is 4.19. The van der Waals surface area contributed by atoms with Gasteiger partial charge in [-0.2, -0.15) is 0 Å². The van der Waals surface area contributed by atoms with Crippen LogP contribution in [0.1, 0.15) is 11.3 Å². The molecule has 0 saturated heterocycles. The molecular weight excluding hydrogens is 440 g/mol. The summed E-state index contributed by atoms with van der Waals surface area (Å²) in [5.74, 6) is 0.844. The number of rotatable bonds is 2. The molecule has 138 valence electrons. The fourth-order valence-electron chi connectivity index (χ4n) is 3.02. The molecule has 0 saturated carbocycles. The minimum atomic E-state index is -3.82. The lowest BCUT2D eigenvalue weighted by atomic mass is 10.1. The average molecular weight is 453 g/mol. The zero-order valence-electron chi connectivity index (χ0n) is 13.2. The van der Waals surface area contributed by atoms with Gasteiger partial charge in [-0.05, 0) is 30.3 Å². The first-order valence-electron chi connectivity index (χ1n) is 7.52. The van der Waals surface area contributed by atoms with Gasteiger partial charge in [-0.1, -0.05) is 34.8 Å². The summed E-state index contributed by atoms with van der Waals surface area (Å²) in [5, 5.41) is 4.73. The zero-order valence-corrected chi connectivity index (χ0v) is 17.1. The third-order valence-corrected chi connectivity index (χ3v) is 6.62. The van der Waals surface area contributed by atoms with E-state index in [0.717, 1.165) is 24.3 Å². The molecule has 4 rings (SSSR count). The molecule has 9 heteroatoms. The van der Waals surface area contributed by atoms with Gasteiger partial charge in [0.2, 0.25) is 9.84 Å². The normalized spacial score (nSPS) is 14.1. The molecule has 26 heavy (non-hydrogen) atoms. The van der Waals surface area contributed by atoms with Crippen LogP contribution in [0, 0.1) is 0 Å². The molecule has 1 aromatic heterocycles. The quantitative estimate of drug-likeness (QED) is 0.573. The number of halogens is 4. The van der Waals surface area contributed by atoms with E-state index in [1.807, 2.05) is 0 Å². The number of fused-ring (bicyclic) bond motifs is 3. The Balaban J connectivity index is 0.00000196. The van der Waals surface area contributed by atoms with Gasteiger partial charge in [0.1, 0.15) is 5.76 Å². The minimum absolute atomic E-state index is 0. The molecule has 2 heterocycles. The molecule has 0 amide bonds. The maximum atomic E-state index is 13.0. The van der Waals surface area contributed by atoms with Crippen molar-refractivity contribution in [2.24, 2.45) is 0 Å². The summed E-state index contributed by atoms with van der Waals surface area (Å²) in [5.41, 5.74) is 1.46. The summed E-state index contributed by atoms with van der Waals surface area (Å²) in [6.07, 6.45) is 0.742. The molecule has 4 nitrogen and oxygen atoms in total. The van der Waals surface area contributed by atoms with Crippen molar-refractivity contribution in [2.75, 3.05) is 6.54 Å². The Morgan fingerprint density at radius 3 is 2.31 bits per heavy atom. The molecule has 1 aliphatic rings.